The average molecular weight is 355 g/mol. The van der Waals surface area contributed by atoms with Crippen LogP contribution in [0.5, 0.6) is 0 Å². The van der Waals surface area contributed by atoms with Crippen LogP contribution in [0.25, 0.3) is 0 Å². The lowest BCUT2D eigenvalue weighted by atomic mass is 10.2. The number of nitroso groups, excluding NO2 is 1. The number of benzene rings is 1. The third kappa shape index (κ3) is 5.10. The summed E-state index contributed by atoms with van der Waals surface area (Å²) in [6.45, 7) is 6.26. The van der Waals surface area contributed by atoms with Gasteiger partial charge < -0.3 is 9.64 Å². The third-order valence-corrected chi connectivity index (χ3v) is 4.48. The molecule has 24 heavy (non-hydrogen) atoms. The van der Waals surface area contributed by atoms with E-state index in [0.29, 0.717) is 34.9 Å². The monoisotopic (exact) mass is 355 g/mol. The Morgan fingerprint density at radius 3 is 2.71 bits per heavy atom. The molecule has 2 atom stereocenters. The van der Waals surface area contributed by atoms with Crippen LogP contribution in [-0.2, 0) is 20.0 Å². The Bertz CT molecular complexity index is 656. The Kier molecular flexibility index (Phi) is 5.71. The van der Waals surface area contributed by atoms with Crippen LogP contribution < -0.4 is 0 Å². The van der Waals surface area contributed by atoms with Crippen LogP contribution in [0.15, 0.2) is 29.2 Å². The summed E-state index contributed by atoms with van der Waals surface area (Å²) >= 11 is -1.69. The Hall–Kier alpha value is -1.80. The van der Waals surface area contributed by atoms with Crippen molar-refractivity contribution in [1.82, 2.24) is 4.90 Å². The Labute approximate surface area is 144 Å². The summed E-state index contributed by atoms with van der Waals surface area (Å²) < 4.78 is 23.9. The van der Waals surface area contributed by atoms with Crippen molar-refractivity contribution in [3.05, 3.63) is 29.2 Å². The summed E-state index contributed by atoms with van der Waals surface area (Å²) in [5.41, 5.74) is -0.143. The minimum Gasteiger partial charge on any atom is -0.444 e. The van der Waals surface area contributed by atoms with E-state index in [-0.39, 0.29) is 6.10 Å². The molecule has 1 aromatic carbocycles. The van der Waals surface area contributed by atoms with Crippen LogP contribution in [0.1, 0.15) is 27.2 Å². The van der Waals surface area contributed by atoms with E-state index in [1.807, 2.05) is 20.8 Å². The maximum Gasteiger partial charge on any atom is 0.410 e. The number of carbonyl (C=O) groups excluding carboxylic acids is 1. The predicted molar refractivity (Wildman–Crippen MR) is 89.4 cm³/mol. The van der Waals surface area contributed by atoms with Gasteiger partial charge in [0.1, 0.15) is 5.60 Å². The molecule has 0 N–H and O–H groups in total. The van der Waals surface area contributed by atoms with Gasteiger partial charge in [-0.15, -0.1) is 0 Å². The van der Waals surface area contributed by atoms with Gasteiger partial charge in [0, 0.05) is 28.3 Å². The van der Waals surface area contributed by atoms with Gasteiger partial charge in [-0.05, 0) is 33.3 Å². The first-order valence-corrected chi connectivity index (χ1v) is 8.81. The van der Waals surface area contributed by atoms with E-state index in [2.05, 4.69) is 0 Å². The second-order valence-electron chi connectivity index (χ2n) is 6.66. The largest absolute Gasteiger partial charge is 0.444 e. The lowest BCUT2D eigenvalue weighted by molar-refractivity contribution is -0.428. The number of ether oxygens (including phenoxy) is 1. The van der Waals surface area contributed by atoms with Gasteiger partial charge in [0.25, 0.3) is 5.69 Å². The number of likely N-dealkylation sites (tertiary alicyclic amines) is 1. The van der Waals surface area contributed by atoms with Crippen molar-refractivity contribution in [3.8, 4) is 0 Å². The predicted octanol–water partition coefficient (Wildman–Crippen LogP) is 2.78. The Balaban J connectivity index is 1.93. The molecule has 7 nitrogen and oxygen atoms in total. The highest BCUT2D eigenvalue weighted by atomic mass is 32.2. The van der Waals surface area contributed by atoms with Crippen molar-refractivity contribution >= 4 is 22.9 Å². The molecule has 1 unspecified atom stereocenters. The van der Waals surface area contributed by atoms with Gasteiger partial charge in [-0.1, -0.05) is 6.07 Å². The first-order valence-electron chi connectivity index (χ1n) is 7.73. The van der Waals surface area contributed by atoms with Crippen LogP contribution in [0, 0.1) is 4.91 Å². The van der Waals surface area contributed by atoms with E-state index in [0.717, 1.165) is 0 Å². The molecule has 0 aliphatic carbocycles. The van der Waals surface area contributed by atoms with Crippen molar-refractivity contribution in [3.63, 3.8) is 0 Å². The fourth-order valence-electron chi connectivity index (χ4n) is 2.26. The second-order valence-corrected chi connectivity index (χ2v) is 7.80. The van der Waals surface area contributed by atoms with Gasteiger partial charge in [0.05, 0.1) is 17.5 Å². The van der Waals surface area contributed by atoms with E-state index >= 15 is 0 Å². The zero-order valence-corrected chi connectivity index (χ0v) is 15.2. The van der Waals surface area contributed by atoms with Crippen molar-refractivity contribution in [2.24, 2.45) is 0 Å². The van der Waals surface area contributed by atoms with Crippen molar-refractivity contribution in [2.75, 3.05) is 20.1 Å². The molecule has 1 heterocycles. The summed E-state index contributed by atoms with van der Waals surface area (Å²) in [4.78, 5) is 25.3. The van der Waals surface area contributed by atoms with Crippen molar-refractivity contribution in [2.45, 2.75) is 43.8 Å². The van der Waals surface area contributed by atoms with Gasteiger partial charge in [-0.2, -0.15) is 0 Å². The van der Waals surface area contributed by atoms with E-state index in [4.69, 9.17) is 8.92 Å². The first-order chi connectivity index (χ1) is 11.2. The summed E-state index contributed by atoms with van der Waals surface area (Å²) in [5, 5.41) is 0. The molecule has 0 bridgehead atoms. The lowest BCUT2D eigenvalue weighted by Gasteiger charge is -2.24. The summed E-state index contributed by atoms with van der Waals surface area (Å²) in [5.74, 6) is 0. The Morgan fingerprint density at radius 2 is 2.08 bits per heavy atom. The molecule has 0 aromatic heterocycles. The molecule has 0 spiro atoms. The minimum absolute atomic E-state index is 0.327. The van der Waals surface area contributed by atoms with Crippen molar-refractivity contribution in [1.29, 1.82) is 0 Å². The minimum atomic E-state index is -1.69. The second kappa shape index (κ2) is 7.40. The highest BCUT2D eigenvalue weighted by Crippen LogP contribution is 2.21. The van der Waals surface area contributed by atoms with Crippen molar-refractivity contribution < 1.29 is 22.7 Å². The number of amides is 1. The topological polar surface area (TPSA) is 75.9 Å². The number of nitrogens with zero attached hydrogens (tertiary/aromatic N) is 2. The number of carbonyl (C=O) groups is 1. The molecule has 1 aliphatic rings. The molecule has 1 amide bonds. The zero-order chi connectivity index (χ0) is 17.9. The van der Waals surface area contributed by atoms with Crippen LogP contribution in [-0.4, -0.2) is 51.8 Å². The van der Waals surface area contributed by atoms with E-state index in [1.54, 1.807) is 23.1 Å². The van der Waals surface area contributed by atoms with Crippen LogP contribution >= 0.6 is 0 Å². The average Bonchev–Trinajstić information content (AvgIpc) is 2.94. The zero-order valence-electron chi connectivity index (χ0n) is 14.4. The van der Waals surface area contributed by atoms with Gasteiger partial charge in [-0.3, -0.25) is 4.18 Å². The standard InChI is InChI=1S/C16H23N2O5S/c1-16(2,3)22-15(19)18-9-8-13(11-18)23-24(21)14-7-5-6-12(10-14)17(4)20/h5-7,10,13H,8-9,11H2,1-4H3/q+1/t13-,24?/m1/s1. The summed E-state index contributed by atoms with van der Waals surface area (Å²) in [7, 11) is 1.37. The maximum atomic E-state index is 12.3. The third-order valence-electron chi connectivity index (χ3n) is 3.39. The molecule has 0 saturated carbocycles. The first kappa shape index (κ1) is 18.5. The van der Waals surface area contributed by atoms with Gasteiger partial charge in [-0.25, -0.2) is 9.00 Å². The molecular formula is C16H23N2O5S+. The number of rotatable bonds is 4. The molecule has 2 rings (SSSR count). The SMILES string of the molecule is C[N+](=O)c1cccc(S(=O)O[C@@H]2CCN(C(=O)OC(C)(C)C)C2)c1. The van der Waals surface area contributed by atoms with E-state index < -0.39 is 22.8 Å². The molecule has 1 saturated heterocycles. The number of hydrogen-bond donors (Lipinski definition) is 0. The van der Waals surface area contributed by atoms with Crippen LogP contribution in [0.4, 0.5) is 10.5 Å². The highest BCUT2D eigenvalue weighted by Gasteiger charge is 2.31. The van der Waals surface area contributed by atoms with Crippen LogP contribution in [0.2, 0.25) is 0 Å². The lowest BCUT2D eigenvalue weighted by Crippen LogP contribution is -2.36. The molecular weight excluding hydrogens is 332 g/mol. The normalized spacial score (nSPS) is 19.2. The number of hydrogen-bond acceptors (Lipinski definition) is 5. The molecule has 1 fully saturated rings. The fourth-order valence-corrected chi connectivity index (χ4v) is 3.18. The summed E-state index contributed by atoms with van der Waals surface area (Å²) in [6.07, 6.45) is -0.132. The quantitative estimate of drug-likeness (QED) is 0.776. The molecule has 1 aliphatic heterocycles. The maximum absolute atomic E-state index is 12.3. The molecule has 1 aromatic rings. The molecule has 0 radical (unpaired) electrons. The van der Waals surface area contributed by atoms with Gasteiger partial charge >= 0.3 is 6.09 Å². The molecule has 132 valence electrons. The molecule has 8 heteroatoms. The Morgan fingerprint density at radius 1 is 1.38 bits per heavy atom. The van der Waals surface area contributed by atoms with Gasteiger partial charge in [0.15, 0.2) is 18.1 Å². The fraction of sp³-hybridized carbons (Fsp3) is 0.562. The van der Waals surface area contributed by atoms with Crippen LogP contribution in [0.3, 0.4) is 0 Å². The smallest absolute Gasteiger partial charge is 0.410 e. The van der Waals surface area contributed by atoms with E-state index in [1.165, 1.54) is 13.1 Å². The van der Waals surface area contributed by atoms with Gasteiger partial charge in [0.2, 0.25) is 0 Å². The summed E-state index contributed by atoms with van der Waals surface area (Å²) in [6, 6.07) is 6.46. The highest BCUT2D eigenvalue weighted by molar-refractivity contribution is 7.80. The van der Waals surface area contributed by atoms with E-state index in [9.17, 15) is 13.9 Å².